The first-order chi connectivity index (χ1) is 9.65. The van der Waals surface area contributed by atoms with Gasteiger partial charge in [-0.1, -0.05) is 0 Å². The fraction of sp³-hybridized carbons (Fsp3) is 0.750. The van der Waals surface area contributed by atoms with Gasteiger partial charge >= 0.3 is 0 Å². The number of rotatable bonds is 6. The Morgan fingerprint density at radius 1 is 1.35 bits per heavy atom. The summed E-state index contributed by atoms with van der Waals surface area (Å²) in [6.45, 7) is 1.67. The summed E-state index contributed by atoms with van der Waals surface area (Å²) in [5.74, 6) is 0. The van der Waals surface area contributed by atoms with Crippen LogP contribution in [0.3, 0.4) is 0 Å². The van der Waals surface area contributed by atoms with Gasteiger partial charge in [0.05, 0.1) is 12.8 Å². The van der Waals surface area contributed by atoms with E-state index >= 15 is 0 Å². The SMILES string of the molecule is O=S(=O)(NC1CCCOC1)c1[nH]ncc1CNC1CC1. The van der Waals surface area contributed by atoms with Crippen LogP contribution < -0.4 is 10.0 Å². The van der Waals surface area contributed by atoms with Gasteiger partial charge in [0.1, 0.15) is 0 Å². The molecule has 1 aliphatic carbocycles. The minimum Gasteiger partial charge on any atom is -0.380 e. The van der Waals surface area contributed by atoms with Crippen molar-refractivity contribution >= 4 is 10.0 Å². The van der Waals surface area contributed by atoms with E-state index in [1.165, 1.54) is 0 Å². The maximum Gasteiger partial charge on any atom is 0.258 e. The second-order valence-electron chi connectivity index (χ2n) is 5.41. The van der Waals surface area contributed by atoms with Gasteiger partial charge in [-0.3, -0.25) is 5.10 Å². The molecule has 1 saturated carbocycles. The van der Waals surface area contributed by atoms with Crippen LogP contribution in [0, 0.1) is 0 Å². The van der Waals surface area contributed by atoms with Gasteiger partial charge in [0.25, 0.3) is 10.0 Å². The Labute approximate surface area is 118 Å². The van der Waals surface area contributed by atoms with E-state index < -0.39 is 10.0 Å². The average Bonchev–Trinajstić information content (AvgIpc) is 3.13. The average molecular weight is 300 g/mol. The molecule has 1 unspecified atom stereocenters. The standard InChI is InChI=1S/C12H20N4O3S/c17-20(18,16-11-2-1-5-19-8-11)12-9(7-14-15-12)6-13-10-3-4-10/h7,10-11,13,16H,1-6,8H2,(H,14,15). The molecule has 1 aromatic heterocycles. The number of aromatic nitrogens is 2. The lowest BCUT2D eigenvalue weighted by molar-refractivity contribution is 0.0774. The van der Waals surface area contributed by atoms with E-state index in [1.807, 2.05) is 0 Å². The number of hydrogen-bond acceptors (Lipinski definition) is 5. The molecule has 1 atom stereocenters. The Morgan fingerprint density at radius 2 is 2.20 bits per heavy atom. The van der Waals surface area contributed by atoms with Gasteiger partial charge in [0, 0.05) is 30.8 Å². The van der Waals surface area contributed by atoms with Crippen LogP contribution in [0.4, 0.5) is 0 Å². The maximum atomic E-state index is 12.4. The minimum atomic E-state index is -3.56. The van der Waals surface area contributed by atoms with Crippen LogP contribution in [0.15, 0.2) is 11.2 Å². The van der Waals surface area contributed by atoms with Crippen LogP contribution in [0.1, 0.15) is 31.2 Å². The topological polar surface area (TPSA) is 96.1 Å². The highest BCUT2D eigenvalue weighted by Gasteiger charge is 2.27. The van der Waals surface area contributed by atoms with Crippen molar-refractivity contribution in [1.29, 1.82) is 0 Å². The van der Waals surface area contributed by atoms with E-state index in [0.717, 1.165) is 25.7 Å². The van der Waals surface area contributed by atoms with Gasteiger partial charge in [-0.15, -0.1) is 0 Å². The molecule has 0 aromatic carbocycles. The molecule has 0 bridgehead atoms. The summed E-state index contributed by atoms with van der Waals surface area (Å²) in [5, 5.41) is 9.92. The van der Waals surface area contributed by atoms with E-state index in [2.05, 4.69) is 20.2 Å². The molecule has 112 valence electrons. The molecule has 0 amide bonds. The molecule has 1 aromatic rings. The lowest BCUT2D eigenvalue weighted by atomic mass is 10.1. The molecular weight excluding hydrogens is 280 g/mol. The summed E-state index contributed by atoms with van der Waals surface area (Å²) in [6.07, 6.45) is 5.59. The summed E-state index contributed by atoms with van der Waals surface area (Å²) in [6, 6.07) is 0.376. The van der Waals surface area contributed by atoms with Gasteiger partial charge in [0.15, 0.2) is 5.03 Å². The van der Waals surface area contributed by atoms with Gasteiger partial charge in [-0.05, 0) is 25.7 Å². The summed E-state index contributed by atoms with van der Waals surface area (Å²) in [7, 11) is -3.56. The fourth-order valence-corrected chi connectivity index (χ4v) is 3.70. The third-order valence-corrected chi connectivity index (χ3v) is 5.12. The highest BCUT2D eigenvalue weighted by atomic mass is 32.2. The molecular formula is C12H20N4O3S. The molecule has 3 rings (SSSR count). The zero-order valence-electron chi connectivity index (χ0n) is 11.3. The third-order valence-electron chi connectivity index (χ3n) is 3.59. The van der Waals surface area contributed by atoms with Crippen molar-refractivity contribution in [2.45, 2.75) is 49.3 Å². The zero-order chi connectivity index (χ0) is 14.0. The molecule has 2 heterocycles. The fourth-order valence-electron chi connectivity index (χ4n) is 2.31. The monoisotopic (exact) mass is 300 g/mol. The molecule has 2 aliphatic rings. The van der Waals surface area contributed by atoms with Gasteiger partial charge in [-0.25, -0.2) is 13.1 Å². The molecule has 0 radical (unpaired) electrons. The van der Waals surface area contributed by atoms with Gasteiger partial charge in [0.2, 0.25) is 0 Å². The van der Waals surface area contributed by atoms with E-state index in [-0.39, 0.29) is 11.1 Å². The van der Waals surface area contributed by atoms with Crippen LogP contribution >= 0.6 is 0 Å². The Bertz CT molecular complexity index is 547. The number of nitrogens with one attached hydrogen (secondary N) is 3. The maximum absolute atomic E-state index is 12.4. The Balaban J connectivity index is 1.67. The van der Waals surface area contributed by atoms with Gasteiger partial charge < -0.3 is 10.1 Å². The van der Waals surface area contributed by atoms with Crippen molar-refractivity contribution in [2.75, 3.05) is 13.2 Å². The molecule has 1 saturated heterocycles. The van der Waals surface area contributed by atoms with Crippen molar-refractivity contribution in [3.63, 3.8) is 0 Å². The molecule has 3 N–H and O–H groups in total. The quantitative estimate of drug-likeness (QED) is 0.693. The predicted octanol–water partition coefficient (Wildman–Crippen LogP) is 0.119. The summed E-state index contributed by atoms with van der Waals surface area (Å²) in [4.78, 5) is 0. The van der Waals surface area contributed by atoms with Crippen molar-refractivity contribution in [1.82, 2.24) is 20.2 Å². The normalized spacial score (nSPS) is 23.9. The molecule has 1 aliphatic heterocycles. The van der Waals surface area contributed by atoms with E-state index in [0.29, 0.717) is 31.4 Å². The number of nitrogens with zero attached hydrogens (tertiary/aromatic N) is 1. The summed E-state index contributed by atoms with van der Waals surface area (Å²) >= 11 is 0. The van der Waals surface area contributed by atoms with Crippen molar-refractivity contribution in [2.24, 2.45) is 0 Å². The molecule has 8 heteroatoms. The zero-order valence-corrected chi connectivity index (χ0v) is 12.1. The predicted molar refractivity (Wildman–Crippen MR) is 72.6 cm³/mol. The highest BCUT2D eigenvalue weighted by Crippen LogP contribution is 2.21. The molecule has 20 heavy (non-hydrogen) atoms. The second kappa shape index (κ2) is 5.80. The highest BCUT2D eigenvalue weighted by molar-refractivity contribution is 7.89. The third kappa shape index (κ3) is 3.38. The molecule has 0 spiro atoms. The first-order valence-electron chi connectivity index (χ1n) is 7.01. The van der Waals surface area contributed by atoms with E-state index in [9.17, 15) is 8.42 Å². The molecule has 2 fully saturated rings. The van der Waals surface area contributed by atoms with Crippen molar-refractivity contribution < 1.29 is 13.2 Å². The summed E-state index contributed by atoms with van der Waals surface area (Å²) < 4.78 is 32.7. The van der Waals surface area contributed by atoms with Crippen molar-refractivity contribution in [3.05, 3.63) is 11.8 Å². The van der Waals surface area contributed by atoms with Gasteiger partial charge in [-0.2, -0.15) is 5.10 Å². The largest absolute Gasteiger partial charge is 0.380 e. The smallest absolute Gasteiger partial charge is 0.258 e. The van der Waals surface area contributed by atoms with E-state index in [1.54, 1.807) is 6.20 Å². The van der Waals surface area contributed by atoms with Crippen molar-refractivity contribution in [3.8, 4) is 0 Å². The number of ether oxygens (including phenoxy) is 1. The van der Waals surface area contributed by atoms with Crippen LogP contribution in [-0.2, 0) is 21.3 Å². The Hall–Kier alpha value is -0.960. The lowest BCUT2D eigenvalue weighted by Gasteiger charge is -2.22. The molecule has 7 nitrogen and oxygen atoms in total. The first-order valence-corrected chi connectivity index (χ1v) is 8.49. The van der Waals surface area contributed by atoms with Crippen LogP contribution in [-0.4, -0.2) is 43.9 Å². The Morgan fingerprint density at radius 3 is 2.90 bits per heavy atom. The number of aromatic amines is 1. The number of sulfonamides is 1. The number of H-pyrrole nitrogens is 1. The van der Waals surface area contributed by atoms with Crippen LogP contribution in [0.25, 0.3) is 0 Å². The van der Waals surface area contributed by atoms with Crippen LogP contribution in [0.5, 0.6) is 0 Å². The summed E-state index contributed by atoms with van der Waals surface area (Å²) in [5.41, 5.74) is 0.682. The second-order valence-corrected chi connectivity index (χ2v) is 7.07. The number of hydrogen-bond donors (Lipinski definition) is 3. The van der Waals surface area contributed by atoms with E-state index in [4.69, 9.17) is 4.74 Å². The first kappa shape index (κ1) is 14.0. The lowest BCUT2D eigenvalue weighted by Crippen LogP contribution is -2.41. The Kier molecular flexibility index (Phi) is 4.06. The minimum absolute atomic E-state index is 0.152. The van der Waals surface area contributed by atoms with Crippen LogP contribution in [0.2, 0.25) is 0 Å².